The summed E-state index contributed by atoms with van der Waals surface area (Å²) in [6.07, 6.45) is 4.33. The first-order valence-electron chi connectivity index (χ1n) is 7.36. The molecule has 5 nitrogen and oxygen atoms in total. The number of carbonyl (C=O) groups excluding carboxylic acids is 1. The average Bonchev–Trinajstić information content (AvgIpc) is 2.49. The molecule has 1 aromatic heterocycles. The Labute approximate surface area is 131 Å². The zero-order chi connectivity index (χ0) is 15.7. The molecule has 2 N–H and O–H groups in total. The summed E-state index contributed by atoms with van der Waals surface area (Å²) in [5.41, 5.74) is 0.522. The summed E-state index contributed by atoms with van der Waals surface area (Å²) in [6, 6.07) is 3.18. The van der Waals surface area contributed by atoms with Crippen LogP contribution >= 0.6 is 11.6 Å². The maximum Gasteiger partial charge on any atom is 0.241 e. The number of hydrogen-bond acceptors (Lipinski definition) is 4. The summed E-state index contributed by atoms with van der Waals surface area (Å²) in [4.78, 5) is 18.4. The van der Waals surface area contributed by atoms with Crippen LogP contribution < -0.4 is 5.32 Å². The van der Waals surface area contributed by atoms with E-state index in [1.165, 1.54) is 0 Å². The smallest absolute Gasteiger partial charge is 0.241 e. The fourth-order valence-corrected chi connectivity index (χ4v) is 2.18. The zero-order valence-corrected chi connectivity index (χ0v) is 13.4. The lowest BCUT2D eigenvalue weighted by Gasteiger charge is -2.28. The van der Waals surface area contributed by atoms with Gasteiger partial charge in [-0.05, 0) is 38.4 Å². The summed E-state index contributed by atoms with van der Waals surface area (Å²) < 4.78 is 0. The number of rotatable bonds is 9. The third kappa shape index (κ3) is 5.99. The quantitative estimate of drug-likeness (QED) is 0.688. The molecule has 1 atom stereocenters. The highest BCUT2D eigenvalue weighted by Crippen LogP contribution is 2.18. The van der Waals surface area contributed by atoms with Gasteiger partial charge in [-0.3, -0.25) is 9.69 Å². The van der Waals surface area contributed by atoms with E-state index in [0.29, 0.717) is 18.7 Å². The molecule has 1 rings (SSSR count). The Kier molecular flexibility index (Phi) is 8.27. The predicted molar refractivity (Wildman–Crippen MR) is 85.5 cm³/mol. The van der Waals surface area contributed by atoms with E-state index >= 15 is 0 Å². The van der Waals surface area contributed by atoms with Crippen molar-refractivity contribution in [3.8, 4) is 0 Å². The molecule has 0 saturated carbocycles. The van der Waals surface area contributed by atoms with E-state index in [2.05, 4.69) is 22.1 Å². The lowest BCUT2D eigenvalue weighted by Crippen LogP contribution is -2.43. The number of carbonyl (C=O) groups is 1. The van der Waals surface area contributed by atoms with E-state index in [1.807, 2.05) is 6.92 Å². The molecule has 1 amide bonds. The van der Waals surface area contributed by atoms with Crippen LogP contribution in [0.1, 0.15) is 33.1 Å². The normalized spacial score (nSPS) is 12.4. The van der Waals surface area contributed by atoms with Gasteiger partial charge in [-0.25, -0.2) is 4.98 Å². The molecule has 0 aliphatic heterocycles. The Hall–Kier alpha value is -1.17. The summed E-state index contributed by atoms with van der Waals surface area (Å²) in [5.74, 6) is -0.112. The highest BCUT2D eigenvalue weighted by atomic mass is 35.5. The topological polar surface area (TPSA) is 65.5 Å². The second kappa shape index (κ2) is 9.71. The Morgan fingerprint density at radius 3 is 2.81 bits per heavy atom. The summed E-state index contributed by atoms with van der Waals surface area (Å²) in [6.45, 7) is 5.65. The third-order valence-corrected chi connectivity index (χ3v) is 3.65. The van der Waals surface area contributed by atoms with E-state index < -0.39 is 0 Å². The molecule has 0 radical (unpaired) electrons. The van der Waals surface area contributed by atoms with Gasteiger partial charge in [0, 0.05) is 19.3 Å². The zero-order valence-electron chi connectivity index (χ0n) is 12.7. The Morgan fingerprint density at radius 2 is 2.19 bits per heavy atom. The van der Waals surface area contributed by atoms with Crippen LogP contribution in [-0.2, 0) is 4.79 Å². The van der Waals surface area contributed by atoms with Crippen molar-refractivity contribution >= 4 is 23.2 Å². The van der Waals surface area contributed by atoms with Gasteiger partial charge in [0.15, 0.2) is 5.15 Å². The highest BCUT2D eigenvalue weighted by Gasteiger charge is 2.21. The lowest BCUT2D eigenvalue weighted by molar-refractivity contribution is -0.120. The molecule has 0 aromatic carbocycles. The number of nitrogens with one attached hydrogen (secondary N) is 1. The number of nitrogens with zero attached hydrogens (tertiary/aromatic N) is 2. The molecule has 1 aromatic rings. The Balaban J connectivity index is 2.66. The number of anilines is 1. The molecule has 0 aliphatic rings. The van der Waals surface area contributed by atoms with Crippen molar-refractivity contribution in [1.29, 1.82) is 0 Å². The van der Waals surface area contributed by atoms with E-state index in [9.17, 15) is 4.79 Å². The maximum atomic E-state index is 12.3. The van der Waals surface area contributed by atoms with Crippen LogP contribution in [0.25, 0.3) is 0 Å². The van der Waals surface area contributed by atoms with Crippen molar-refractivity contribution in [2.75, 3.05) is 25.0 Å². The predicted octanol–water partition coefficient (Wildman–Crippen LogP) is 2.55. The van der Waals surface area contributed by atoms with Crippen LogP contribution in [0.5, 0.6) is 0 Å². The van der Waals surface area contributed by atoms with Gasteiger partial charge >= 0.3 is 0 Å². The summed E-state index contributed by atoms with van der Waals surface area (Å²) in [7, 11) is 0. The first-order chi connectivity index (χ1) is 10.1. The van der Waals surface area contributed by atoms with E-state index in [0.717, 1.165) is 19.4 Å². The van der Waals surface area contributed by atoms with Gasteiger partial charge in [-0.2, -0.15) is 0 Å². The van der Waals surface area contributed by atoms with Crippen molar-refractivity contribution in [3.63, 3.8) is 0 Å². The number of aliphatic hydroxyl groups excluding tert-OH is 1. The molecule has 0 bridgehead atoms. The van der Waals surface area contributed by atoms with E-state index in [-0.39, 0.29) is 23.7 Å². The minimum atomic E-state index is -0.278. The van der Waals surface area contributed by atoms with Gasteiger partial charge in [-0.1, -0.05) is 24.9 Å². The van der Waals surface area contributed by atoms with Gasteiger partial charge in [0.1, 0.15) is 0 Å². The van der Waals surface area contributed by atoms with Crippen LogP contribution in [0.2, 0.25) is 5.15 Å². The van der Waals surface area contributed by atoms with Crippen LogP contribution in [-0.4, -0.2) is 46.6 Å². The van der Waals surface area contributed by atoms with E-state index in [4.69, 9.17) is 16.7 Å². The number of amides is 1. The fourth-order valence-electron chi connectivity index (χ4n) is 2.02. The fraction of sp³-hybridized carbons (Fsp3) is 0.600. The maximum absolute atomic E-state index is 12.3. The minimum absolute atomic E-state index is 0.112. The van der Waals surface area contributed by atoms with Crippen LogP contribution in [0.4, 0.5) is 5.69 Å². The summed E-state index contributed by atoms with van der Waals surface area (Å²) >= 11 is 5.95. The second-order valence-electron chi connectivity index (χ2n) is 4.97. The number of aromatic nitrogens is 1. The molecule has 21 heavy (non-hydrogen) atoms. The van der Waals surface area contributed by atoms with Crippen LogP contribution in [0.3, 0.4) is 0 Å². The molecule has 0 fully saturated rings. The first kappa shape index (κ1) is 17.9. The Bertz CT molecular complexity index is 435. The molecular formula is C15H24ClN3O2. The van der Waals surface area contributed by atoms with Crippen LogP contribution in [0.15, 0.2) is 18.3 Å². The molecule has 0 spiro atoms. The monoisotopic (exact) mass is 313 g/mol. The number of pyridine rings is 1. The highest BCUT2D eigenvalue weighted by molar-refractivity contribution is 6.32. The molecule has 1 unspecified atom stereocenters. The van der Waals surface area contributed by atoms with Crippen molar-refractivity contribution in [1.82, 2.24) is 9.88 Å². The van der Waals surface area contributed by atoms with Gasteiger partial charge in [0.05, 0.1) is 11.7 Å². The first-order valence-corrected chi connectivity index (χ1v) is 7.74. The van der Waals surface area contributed by atoms with Crippen LogP contribution in [0, 0.1) is 0 Å². The second-order valence-corrected chi connectivity index (χ2v) is 5.33. The number of hydrogen-bond donors (Lipinski definition) is 2. The molecule has 0 saturated heterocycles. The molecule has 0 aliphatic carbocycles. The largest absolute Gasteiger partial charge is 0.396 e. The van der Waals surface area contributed by atoms with Gasteiger partial charge in [0.2, 0.25) is 5.91 Å². The number of aliphatic hydroxyl groups is 1. The van der Waals surface area contributed by atoms with Crippen molar-refractivity contribution in [2.24, 2.45) is 0 Å². The Morgan fingerprint density at radius 1 is 1.48 bits per heavy atom. The number of unbranched alkanes of at least 4 members (excludes halogenated alkanes) is 1. The van der Waals surface area contributed by atoms with Gasteiger partial charge < -0.3 is 10.4 Å². The third-order valence-electron chi connectivity index (χ3n) is 3.35. The lowest BCUT2D eigenvalue weighted by atomic mass is 10.2. The van der Waals surface area contributed by atoms with Crippen molar-refractivity contribution in [3.05, 3.63) is 23.5 Å². The van der Waals surface area contributed by atoms with Crippen molar-refractivity contribution in [2.45, 2.75) is 39.2 Å². The summed E-state index contributed by atoms with van der Waals surface area (Å²) in [5, 5.41) is 12.1. The average molecular weight is 314 g/mol. The van der Waals surface area contributed by atoms with Crippen molar-refractivity contribution < 1.29 is 9.90 Å². The van der Waals surface area contributed by atoms with Gasteiger partial charge in [-0.15, -0.1) is 0 Å². The standard InChI is InChI=1S/C15H24ClN3O2/c1-3-4-9-19(10-6-11-20)12(2)15(21)18-13-7-5-8-17-14(13)16/h5,7-8,12,20H,3-4,6,9-11H2,1-2H3,(H,18,21). The molecular weight excluding hydrogens is 290 g/mol. The van der Waals surface area contributed by atoms with E-state index in [1.54, 1.807) is 18.3 Å². The minimum Gasteiger partial charge on any atom is -0.396 e. The molecule has 1 heterocycles. The SMILES string of the molecule is CCCCN(CCCO)C(C)C(=O)Nc1cccnc1Cl. The number of halogens is 1. The molecule has 118 valence electrons. The molecule has 6 heteroatoms. The van der Waals surface area contributed by atoms with Gasteiger partial charge in [0.25, 0.3) is 0 Å².